The smallest absolute Gasteiger partial charge is 0.326 e. The van der Waals surface area contributed by atoms with Crippen molar-refractivity contribution in [1.82, 2.24) is 10.3 Å². The monoisotopic (exact) mass is 380 g/mol. The van der Waals surface area contributed by atoms with Crippen molar-refractivity contribution in [2.24, 2.45) is 5.92 Å². The molecule has 1 rings (SSSR count). The number of pyridine rings is 1. The van der Waals surface area contributed by atoms with Gasteiger partial charge in [0, 0.05) is 16.9 Å². The standard InChI is InChI=1S/C15H17BrN4O3/c1-9(2)5-12(15(22)23)20-14(21)10(7-17)8-19-13-6-11(16)3-4-18-13/h3-4,6,8-9,12H,5H2,1-2H3,(H,18,19)(H,20,21)(H,22,23)/b10-8-. The molecule has 3 N–H and O–H groups in total. The molecule has 1 aromatic heterocycles. The van der Waals surface area contributed by atoms with Crippen molar-refractivity contribution in [2.45, 2.75) is 26.3 Å². The maximum absolute atomic E-state index is 12.0. The quantitative estimate of drug-likeness (QED) is 0.493. The molecule has 1 heterocycles. The summed E-state index contributed by atoms with van der Waals surface area (Å²) in [6, 6.07) is 4.10. The number of anilines is 1. The number of aromatic nitrogens is 1. The Hall–Kier alpha value is -2.40. The predicted octanol–water partition coefficient (Wildman–Crippen LogP) is 2.28. The topological polar surface area (TPSA) is 115 Å². The lowest BCUT2D eigenvalue weighted by atomic mass is 10.0. The van der Waals surface area contributed by atoms with Crippen LogP contribution in [0.2, 0.25) is 0 Å². The lowest BCUT2D eigenvalue weighted by Crippen LogP contribution is -2.42. The van der Waals surface area contributed by atoms with Gasteiger partial charge in [0.1, 0.15) is 23.5 Å². The Morgan fingerprint density at radius 3 is 2.74 bits per heavy atom. The van der Waals surface area contributed by atoms with Crippen molar-refractivity contribution in [3.05, 3.63) is 34.6 Å². The molecule has 0 saturated carbocycles. The summed E-state index contributed by atoms with van der Waals surface area (Å²) in [7, 11) is 0. The van der Waals surface area contributed by atoms with E-state index in [1.807, 2.05) is 13.8 Å². The van der Waals surface area contributed by atoms with Crippen molar-refractivity contribution in [2.75, 3.05) is 5.32 Å². The molecule has 0 fully saturated rings. The number of nitriles is 1. The largest absolute Gasteiger partial charge is 0.480 e. The van der Waals surface area contributed by atoms with Gasteiger partial charge in [-0.3, -0.25) is 4.79 Å². The number of nitrogens with zero attached hydrogens (tertiary/aromatic N) is 2. The summed E-state index contributed by atoms with van der Waals surface area (Å²) < 4.78 is 0.786. The summed E-state index contributed by atoms with van der Waals surface area (Å²) in [6.45, 7) is 3.70. The van der Waals surface area contributed by atoms with Crippen LogP contribution in [-0.4, -0.2) is 28.0 Å². The third-order valence-corrected chi connectivity index (χ3v) is 3.26. The Bertz CT molecular complexity index is 652. The van der Waals surface area contributed by atoms with Gasteiger partial charge in [0.15, 0.2) is 0 Å². The molecule has 0 aliphatic rings. The molecule has 0 radical (unpaired) electrons. The number of rotatable bonds is 7. The van der Waals surface area contributed by atoms with E-state index in [2.05, 4.69) is 31.5 Å². The molecule has 0 aliphatic carbocycles. The summed E-state index contributed by atoms with van der Waals surface area (Å²) >= 11 is 3.28. The molecule has 8 heteroatoms. The molecule has 1 atom stereocenters. The second-order valence-electron chi connectivity index (χ2n) is 5.17. The first-order chi connectivity index (χ1) is 10.8. The first-order valence-corrected chi connectivity index (χ1v) is 7.64. The van der Waals surface area contributed by atoms with Crippen LogP contribution < -0.4 is 10.6 Å². The molecule has 122 valence electrons. The highest BCUT2D eigenvalue weighted by atomic mass is 79.9. The minimum atomic E-state index is -1.13. The first-order valence-electron chi connectivity index (χ1n) is 6.85. The van der Waals surface area contributed by atoms with Crippen LogP contribution in [0, 0.1) is 17.2 Å². The Morgan fingerprint density at radius 1 is 1.52 bits per heavy atom. The fourth-order valence-corrected chi connectivity index (χ4v) is 2.04. The fraction of sp³-hybridized carbons (Fsp3) is 0.333. The second kappa shape index (κ2) is 8.90. The minimum absolute atomic E-state index is 0.0925. The van der Waals surface area contributed by atoms with E-state index < -0.39 is 17.9 Å². The zero-order valence-corrected chi connectivity index (χ0v) is 14.3. The van der Waals surface area contributed by atoms with Gasteiger partial charge in [-0.2, -0.15) is 5.26 Å². The number of aliphatic carboxylic acids is 1. The number of halogens is 1. The van der Waals surface area contributed by atoms with Gasteiger partial charge in [-0.15, -0.1) is 0 Å². The third kappa shape index (κ3) is 6.48. The number of carbonyl (C=O) groups excluding carboxylic acids is 1. The Kier molecular flexibility index (Phi) is 7.22. The van der Waals surface area contributed by atoms with Gasteiger partial charge in [-0.25, -0.2) is 9.78 Å². The van der Waals surface area contributed by atoms with Crippen LogP contribution in [0.4, 0.5) is 5.82 Å². The van der Waals surface area contributed by atoms with Crippen molar-refractivity contribution in [3.8, 4) is 6.07 Å². The van der Waals surface area contributed by atoms with Gasteiger partial charge in [0.2, 0.25) is 0 Å². The van der Waals surface area contributed by atoms with Crippen molar-refractivity contribution >= 4 is 33.6 Å². The number of carbonyl (C=O) groups is 2. The molecular weight excluding hydrogens is 364 g/mol. The molecule has 0 saturated heterocycles. The van der Waals surface area contributed by atoms with E-state index in [1.165, 1.54) is 6.20 Å². The van der Waals surface area contributed by atoms with E-state index >= 15 is 0 Å². The average Bonchev–Trinajstić information content (AvgIpc) is 2.46. The molecule has 1 amide bonds. The van der Waals surface area contributed by atoms with Crippen LogP contribution in [0.25, 0.3) is 0 Å². The van der Waals surface area contributed by atoms with E-state index in [-0.39, 0.29) is 17.9 Å². The number of hydrogen-bond donors (Lipinski definition) is 3. The molecule has 0 aromatic carbocycles. The number of nitrogens with one attached hydrogen (secondary N) is 2. The van der Waals surface area contributed by atoms with Crippen molar-refractivity contribution in [1.29, 1.82) is 5.26 Å². The third-order valence-electron chi connectivity index (χ3n) is 2.76. The molecule has 1 unspecified atom stereocenters. The van der Waals surface area contributed by atoms with E-state index in [4.69, 9.17) is 10.4 Å². The molecule has 1 aromatic rings. The summed E-state index contributed by atoms with van der Waals surface area (Å²) in [5.74, 6) is -1.35. The molecule has 0 spiro atoms. The summed E-state index contributed by atoms with van der Waals surface area (Å²) in [5.41, 5.74) is -0.234. The normalized spacial score (nSPS) is 12.4. The van der Waals surface area contributed by atoms with E-state index in [0.717, 1.165) is 4.47 Å². The highest BCUT2D eigenvalue weighted by Crippen LogP contribution is 2.13. The van der Waals surface area contributed by atoms with Crippen molar-refractivity contribution in [3.63, 3.8) is 0 Å². The zero-order valence-electron chi connectivity index (χ0n) is 12.7. The highest BCUT2D eigenvalue weighted by molar-refractivity contribution is 9.10. The lowest BCUT2D eigenvalue weighted by Gasteiger charge is -2.16. The lowest BCUT2D eigenvalue weighted by molar-refractivity contribution is -0.141. The van der Waals surface area contributed by atoms with Gasteiger partial charge in [-0.1, -0.05) is 29.8 Å². The SMILES string of the molecule is CC(C)CC(NC(=O)/C(C#N)=C\Nc1cc(Br)ccn1)C(=O)O. The number of carboxylic acids is 1. The van der Waals surface area contributed by atoms with E-state index in [0.29, 0.717) is 5.82 Å². The van der Waals surface area contributed by atoms with Gasteiger partial charge in [0.05, 0.1) is 0 Å². The van der Waals surface area contributed by atoms with Crippen LogP contribution in [0.3, 0.4) is 0 Å². The number of hydrogen-bond acceptors (Lipinski definition) is 5. The summed E-state index contributed by atoms with van der Waals surface area (Å²) in [5, 5.41) is 23.3. The average molecular weight is 381 g/mol. The molecule has 23 heavy (non-hydrogen) atoms. The Morgan fingerprint density at radius 2 is 2.22 bits per heavy atom. The Labute approximate surface area is 142 Å². The maximum atomic E-state index is 12.0. The van der Waals surface area contributed by atoms with Gasteiger partial charge >= 0.3 is 5.97 Å². The zero-order chi connectivity index (χ0) is 17.4. The van der Waals surface area contributed by atoms with Gasteiger partial charge < -0.3 is 15.7 Å². The predicted molar refractivity (Wildman–Crippen MR) is 88.3 cm³/mol. The maximum Gasteiger partial charge on any atom is 0.326 e. The van der Waals surface area contributed by atoms with Gasteiger partial charge in [0.25, 0.3) is 5.91 Å². The highest BCUT2D eigenvalue weighted by Gasteiger charge is 2.22. The second-order valence-corrected chi connectivity index (χ2v) is 6.08. The minimum Gasteiger partial charge on any atom is -0.480 e. The van der Waals surface area contributed by atoms with Crippen LogP contribution in [-0.2, 0) is 9.59 Å². The Balaban J connectivity index is 2.79. The number of carboxylic acid groups (broad SMARTS) is 1. The summed E-state index contributed by atoms with van der Waals surface area (Å²) in [6.07, 6.45) is 3.02. The van der Waals surface area contributed by atoms with E-state index in [9.17, 15) is 9.59 Å². The van der Waals surface area contributed by atoms with Crippen molar-refractivity contribution < 1.29 is 14.7 Å². The molecule has 0 bridgehead atoms. The van der Waals surface area contributed by atoms with Crippen LogP contribution in [0.15, 0.2) is 34.6 Å². The first kappa shape index (κ1) is 18.6. The van der Waals surface area contributed by atoms with Gasteiger partial charge in [-0.05, 0) is 24.5 Å². The van der Waals surface area contributed by atoms with Crippen LogP contribution >= 0.6 is 15.9 Å². The van der Waals surface area contributed by atoms with Crippen LogP contribution in [0.5, 0.6) is 0 Å². The molecule has 0 aliphatic heterocycles. The van der Waals surface area contributed by atoms with E-state index in [1.54, 1.807) is 24.4 Å². The molecular formula is C15H17BrN4O3. The number of amides is 1. The fourth-order valence-electron chi connectivity index (χ4n) is 1.71. The van der Waals surface area contributed by atoms with Crippen LogP contribution in [0.1, 0.15) is 20.3 Å². The molecule has 7 nitrogen and oxygen atoms in total. The summed E-state index contributed by atoms with van der Waals surface area (Å²) in [4.78, 5) is 27.2.